The molecule has 20 heavy (non-hydrogen) atoms. The van der Waals surface area contributed by atoms with E-state index in [1.54, 1.807) is 31.7 Å². The summed E-state index contributed by atoms with van der Waals surface area (Å²) in [6, 6.07) is 3.19. The minimum absolute atomic E-state index is 0.119. The molecule has 0 saturated carbocycles. The molecule has 0 atom stereocenters. The second-order valence-corrected chi connectivity index (χ2v) is 6.24. The fraction of sp³-hybridized carbons (Fsp3) is 0.500. The van der Waals surface area contributed by atoms with Crippen molar-refractivity contribution in [3.63, 3.8) is 0 Å². The van der Waals surface area contributed by atoms with E-state index < -0.39 is 22.7 Å². The molecule has 0 unspecified atom stereocenters. The highest BCUT2D eigenvalue weighted by Crippen LogP contribution is 2.22. The highest BCUT2D eigenvalue weighted by atomic mass is 32.2. The Bertz CT molecular complexity index is 583. The fourth-order valence-electron chi connectivity index (χ4n) is 1.74. The Morgan fingerprint density at radius 1 is 1.20 bits per heavy atom. The summed E-state index contributed by atoms with van der Waals surface area (Å²) in [5.74, 6) is 0. The molecule has 4 nitrogen and oxygen atoms in total. The fourth-order valence-corrected chi connectivity index (χ4v) is 3.12. The Labute approximate surface area is 116 Å². The smallest absolute Gasteiger partial charge is 0.316 e. The van der Waals surface area contributed by atoms with Crippen LogP contribution in [0.3, 0.4) is 0 Å². The molecule has 0 aliphatic heterocycles. The van der Waals surface area contributed by atoms with E-state index in [0.29, 0.717) is 23.2 Å². The van der Waals surface area contributed by atoms with Crippen LogP contribution in [0.4, 0.5) is 13.2 Å². The van der Waals surface area contributed by atoms with E-state index in [1.807, 2.05) is 0 Å². The maximum atomic E-state index is 12.1. The Morgan fingerprint density at radius 3 is 2.30 bits per heavy atom. The molecule has 0 spiro atoms. The van der Waals surface area contributed by atoms with Crippen molar-refractivity contribution in [1.82, 2.24) is 10.0 Å². The van der Waals surface area contributed by atoms with Crippen molar-refractivity contribution in [2.45, 2.75) is 31.5 Å². The van der Waals surface area contributed by atoms with Gasteiger partial charge >= 0.3 is 6.18 Å². The number of benzene rings is 1. The van der Waals surface area contributed by atoms with Gasteiger partial charge in [0, 0.05) is 6.54 Å². The number of rotatable bonds is 5. The number of sulfonamides is 1. The number of alkyl halides is 3. The van der Waals surface area contributed by atoms with Gasteiger partial charge in [-0.1, -0.05) is 6.07 Å². The van der Waals surface area contributed by atoms with Crippen LogP contribution in [-0.2, 0) is 16.6 Å². The molecule has 0 fully saturated rings. The third kappa shape index (κ3) is 4.46. The van der Waals surface area contributed by atoms with Gasteiger partial charge in [-0.3, -0.25) is 0 Å². The predicted octanol–water partition coefficient (Wildman–Crippen LogP) is 1.86. The molecule has 1 aromatic carbocycles. The third-order valence-corrected chi connectivity index (χ3v) is 4.34. The normalized spacial score (nSPS) is 12.7. The minimum atomic E-state index is -4.58. The van der Waals surface area contributed by atoms with E-state index in [-0.39, 0.29) is 4.90 Å². The third-order valence-electron chi connectivity index (χ3n) is 2.81. The van der Waals surface area contributed by atoms with Crippen molar-refractivity contribution in [1.29, 1.82) is 0 Å². The quantitative estimate of drug-likeness (QED) is 0.873. The molecular formula is C12H17F3N2O2S. The van der Waals surface area contributed by atoms with Gasteiger partial charge < -0.3 is 5.32 Å². The maximum absolute atomic E-state index is 12.1. The molecule has 0 saturated heterocycles. The predicted molar refractivity (Wildman–Crippen MR) is 69.9 cm³/mol. The molecule has 1 aromatic rings. The molecule has 0 aromatic heterocycles. The SMILES string of the molecule is CNCc1cc(C)c(C)c(S(=O)(=O)NCC(F)(F)F)c1. The van der Waals surface area contributed by atoms with Crippen LogP contribution in [-0.4, -0.2) is 28.2 Å². The van der Waals surface area contributed by atoms with E-state index >= 15 is 0 Å². The van der Waals surface area contributed by atoms with Crippen molar-refractivity contribution in [3.05, 3.63) is 28.8 Å². The Morgan fingerprint density at radius 2 is 1.80 bits per heavy atom. The van der Waals surface area contributed by atoms with Crippen molar-refractivity contribution >= 4 is 10.0 Å². The maximum Gasteiger partial charge on any atom is 0.402 e. The van der Waals surface area contributed by atoms with E-state index in [1.165, 1.54) is 6.07 Å². The zero-order chi connectivity index (χ0) is 15.6. The van der Waals surface area contributed by atoms with Crippen LogP contribution in [0.1, 0.15) is 16.7 Å². The monoisotopic (exact) mass is 310 g/mol. The molecule has 1 rings (SSSR count). The summed E-state index contributed by atoms with van der Waals surface area (Å²) in [6.45, 7) is 2.14. The van der Waals surface area contributed by atoms with Crippen LogP contribution >= 0.6 is 0 Å². The zero-order valence-electron chi connectivity index (χ0n) is 11.4. The number of hydrogen-bond donors (Lipinski definition) is 2. The second kappa shape index (κ2) is 6.11. The number of hydrogen-bond acceptors (Lipinski definition) is 3. The van der Waals surface area contributed by atoms with Gasteiger partial charge in [-0.25, -0.2) is 13.1 Å². The molecular weight excluding hydrogens is 293 g/mol. The Balaban J connectivity index is 3.17. The van der Waals surface area contributed by atoms with Crippen LogP contribution in [0, 0.1) is 13.8 Å². The second-order valence-electron chi connectivity index (χ2n) is 4.51. The molecule has 8 heteroatoms. The molecule has 0 aliphatic carbocycles. The van der Waals surface area contributed by atoms with E-state index in [4.69, 9.17) is 0 Å². The Kier molecular flexibility index (Phi) is 5.17. The largest absolute Gasteiger partial charge is 0.402 e. The lowest BCUT2D eigenvalue weighted by Crippen LogP contribution is -2.34. The van der Waals surface area contributed by atoms with Crippen molar-refractivity contribution in [3.8, 4) is 0 Å². The van der Waals surface area contributed by atoms with E-state index in [2.05, 4.69) is 5.32 Å². The van der Waals surface area contributed by atoms with E-state index in [0.717, 1.165) is 0 Å². The first-order valence-electron chi connectivity index (χ1n) is 5.88. The summed E-state index contributed by atoms with van der Waals surface area (Å²) in [6.07, 6.45) is -4.58. The van der Waals surface area contributed by atoms with Crippen LogP contribution < -0.4 is 10.0 Å². The van der Waals surface area contributed by atoms with E-state index in [9.17, 15) is 21.6 Å². The van der Waals surface area contributed by atoms with Crippen LogP contribution in [0.5, 0.6) is 0 Å². The average Bonchev–Trinajstić information content (AvgIpc) is 2.30. The van der Waals surface area contributed by atoms with Gasteiger partial charge in [0.25, 0.3) is 0 Å². The average molecular weight is 310 g/mol. The molecule has 0 amide bonds. The topological polar surface area (TPSA) is 58.2 Å². The van der Waals surface area contributed by atoms with Gasteiger partial charge in [0.2, 0.25) is 10.0 Å². The van der Waals surface area contributed by atoms with Gasteiger partial charge in [0.05, 0.1) is 4.90 Å². The first-order chi connectivity index (χ1) is 9.07. The molecule has 0 heterocycles. The summed E-state index contributed by atoms with van der Waals surface area (Å²) in [7, 11) is -2.49. The Hall–Kier alpha value is -1.12. The number of nitrogens with one attached hydrogen (secondary N) is 2. The highest BCUT2D eigenvalue weighted by molar-refractivity contribution is 7.89. The summed E-state index contributed by atoms with van der Waals surface area (Å²) in [5, 5.41) is 2.87. The van der Waals surface area contributed by atoms with Crippen LogP contribution in [0.15, 0.2) is 17.0 Å². The lowest BCUT2D eigenvalue weighted by atomic mass is 10.1. The van der Waals surface area contributed by atoms with Crippen molar-refractivity contribution in [2.75, 3.05) is 13.6 Å². The summed E-state index contributed by atoms with van der Waals surface area (Å²) < 4.78 is 62.0. The van der Waals surface area contributed by atoms with Crippen molar-refractivity contribution < 1.29 is 21.6 Å². The first kappa shape index (κ1) is 16.9. The van der Waals surface area contributed by atoms with Gasteiger partial charge in [0.15, 0.2) is 0 Å². The highest BCUT2D eigenvalue weighted by Gasteiger charge is 2.30. The summed E-state index contributed by atoms with van der Waals surface area (Å²) >= 11 is 0. The lowest BCUT2D eigenvalue weighted by Gasteiger charge is -2.14. The molecule has 0 aliphatic rings. The number of halogens is 3. The van der Waals surface area contributed by atoms with Crippen molar-refractivity contribution in [2.24, 2.45) is 0 Å². The van der Waals surface area contributed by atoms with Gasteiger partial charge in [-0.05, 0) is 43.7 Å². The molecule has 2 N–H and O–H groups in total. The number of aryl methyl sites for hydroxylation is 1. The lowest BCUT2D eigenvalue weighted by molar-refractivity contribution is -0.121. The van der Waals surface area contributed by atoms with Gasteiger partial charge in [-0.15, -0.1) is 0 Å². The zero-order valence-corrected chi connectivity index (χ0v) is 12.2. The van der Waals surface area contributed by atoms with Crippen LogP contribution in [0.25, 0.3) is 0 Å². The first-order valence-corrected chi connectivity index (χ1v) is 7.36. The molecule has 114 valence electrons. The minimum Gasteiger partial charge on any atom is -0.316 e. The summed E-state index contributed by atoms with van der Waals surface area (Å²) in [4.78, 5) is -0.119. The molecule has 0 radical (unpaired) electrons. The van der Waals surface area contributed by atoms with Gasteiger partial charge in [-0.2, -0.15) is 13.2 Å². The standard InChI is InChI=1S/C12H17F3N2O2S/c1-8-4-10(6-16-3)5-11(9(8)2)20(18,19)17-7-12(13,14)15/h4-5,16-17H,6-7H2,1-3H3. The van der Waals surface area contributed by atoms with Gasteiger partial charge in [0.1, 0.15) is 6.54 Å². The summed E-state index contributed by atoms with van der Waals surface area (Å²) in [5.41, 5.74) is 1.85. The molecule has 0 bridgehead atoms. The van der Waals surface area contributed by atoms with Crippen LogP contribution in [0.2, 0.25) is 0 Å².